The molecule has 0 spiro atoms. The van der Waals surface area contributed by atoms with Crippen molar-refractivity contribution in [1.82, 2.24) is 15.0 Å². The summed E-state index contributed by atoms with van der Waals surface area (Å²) >= 11 is 5.06. The Balaban J connectivity index is 1.78. The summed E-state index contributed by atoms with van der Waals surface area (Å²) in [6.45, 7) is 0. The third-order valence-corrected chi connectivity index (χ3v) is 4.00. The summed E-state index contributed by atoms with van der Waals surface area (Å²) in [6, 6.07) is 7.73. The highest BCUT2D eigenvalue weighted by molar-refractivity contribution is 9.10. The van der Waals surface area contributed by atoms with E-state index in [0.717, 1.165) is 37.7 Å². The zero-order chi connectivity index (χ0) is 13.2. The molecule has 0 saturated heterocycles. The third-order valence-electron chi connectivity index (χ3n) is 2.62. The molecule has 4 nitrogen and oxygen atoms in total. The minimum atomic E-state index is 0.740. The number of imidazole rings is 1. The van der Waals surface area contributed by atoms with Gasteiger partial charge in [0.2, 0.25) is 0 Å². The van der Waals surface area contributed by atoms with Crippen LogP contribution in [0.25, 0.3) is 11.0 Å². The zero-order valence-electron chi connectivity index (χ0n) is 9.93. The normalized spacial score (nSPS) is 11.0. The van der Waals surface area contributed by atoms with Gasteiger partial charge >= 0.3 is 0 Å². The first-order chi connectivity index (χ1) is 9.20. The van der Waals surface area contributed by atoms with Crippen molar-refractivity contribution in [1.29, 1.82) is 0 Å². The summed E-state index contributed by atoms with van der Waals surface area (Å²) < 4.78 is 0.989. The second-order valence-electron chi connectivity index (χ2n) is 4.12. The van der Waals surface area contributed by atoms with E-state index in [9.17, 15) is 0 Å². The summed E-state index contributed by atoms with van der Waals surface area (Å²) in [6.07, 6.45) is 3.64. The lowest BCUT2D eigenvalue weighted by atomic mass is 10.3. The molecule has 0 unspecified atom stereocenters. The highest BCUT2D eigenvalue weighted by Gasteiger charge is 2.04. The Kier molecular flexibility index (Phi) is 3.44. The lowest BCUT2D eigenvalue weighted by Crippen LogP contribution is -1.84. The molecule has 3 N–H and O–H groups in total. The average Bonchev–Trinajstić information content (AvgIpc) is 2.78. The maximum absolute atomic E-state index is 5.75. The van der Waals surface area contributed by atoms with Crippen LogP contribution < -0.4 is 5.73 Å². The van der Waals surface area contributed by atoms with E-state index in [1.807, 2.05) is 24.4 Å². The molecule has 2 aromatic heterocycles. The standard InChI is InChI=1S/C13H11BrN4S/c14-9-3-8(5-16-6-9)7-19-13-17-11-2-1-10(15)4-12(11)18-13/h1-6H,7,15H2,(H,17,18). The number of nitrogens with one attached hydrogen (secondary N) is 1. The van der Waals surface area contributed by atoms with Crippen LogP contribution in [0.4, 0.5) is 5.69 Å². The summed E-state index contributed by atoms with van der Waals surface area (Å²) in [7, 11) is 0. The van der Waals surface area contributed by atoms with Gasteiger partial charge in [-0.05, 0) is 45.8 Å². The molecule has 2 heterocycles. The monoisotopic (exact) mass is 334 g/mol. The second-order valence-corrected chi connectivity index (χ2v) is 6.00. The number of H-pyrrole nitrogens is 1. The molecule has 0 bridgehead atoms. The molecular formula is C13H11BrN4S. The first-order valence-corrected chi connectivity index (χ1v) is 7.46. The summed E-state index contributed by atoms with van der Waals surface area (Å²) in [4.78, 5) is 11.9. The van der Waals surface area contributed by atoms with E-state index in [0.29, 0.717) is 0 Å². The highest BCUT2D eigenvalue weighted by atomic mass is 79.9. The van der Waals surface area contributed by atoms with Crippen molar-refractivity contribution in [3.63, 3.8) is 0 Å². The molecule has 96 valence electrons. The number of nitrogens with two attached hydrogens (primary N) is 1. The number of nitrogen functional groups attached to an aromatic ring is 1. The largest absolute Gasteiger partial charge is 0.399 e. The number of halogens is 1. The number of benzene rings is 1. The molecule has 0 aliphatic rings. The van der Waals surface area contributed by atoms with Crippen LogP contribution in [0.1, 0.15) is 5.56 Å². The van der Waals surface area contributed by atoms with E-state index in [1.165, 1.54) is 0 Å². The first kappa shape index (κ1) is 12.5. The maximum atomic E-state index is 5.75. The van der Waals surface area contributed by atoms with E-state index in [4.69, 9.17) is 5.73 Å². The number of hydrogen-bond donors (Lipinski definition) is 2. The van der Waals surface area contributed by atoms with E-state index < -0.39 is 0 Å². The number of nitrogens with zero attached hydrogens (tertiary/aromatic N) is 2. The molecule has 0 aliphatic carbocycles. The number of hydrogen-bond acceptors (Lipinski definition) is 4. The van der Waals surface area contributed by atoms with Crippen molar-refractivity contribution in [3.8, 4) is 0 Å². The van der Waals surface area contributed by atoms with Crippen LogP contribution in [-0.4, -0.2) is 15.0 Å². The van der Waals surface area contributed by atoms with E-state index >= 15 is 0 Å². The van der Waals surface area contributed by atoms with Crippen LogP contribution in [-0.2, 0) is 5.75 Å². The predicted octanol–water partition coefficient (Wildman–Crippen LogP) is 3.59. The Morgan fingerprint density at radius 3 is 3.00 bits per heavy atom. The summed E-state index contributed by atoms with van der Waals surface area (Å²) in [5, 5.41) is 0.889. The molecule has 0 atom stereocenters. The molecule has 3 aromatic rings. The highest BCUT2D eigenvalue weighted by Crippen LogP contribution is 2.24. The summed E-state index contributed by atoms with van der Waals surface area (Å²) in [5.74, 6) is 0.821. The lowest BCUT2D eigenvalue weighted by molar-refractivity contribution is 1.08. The fourth-order valence-corrected chi connectivity index (χ4v) is 2.98. The number of aromatic amines is 1. The molecule has 0 amide bonds. The SMILES string of the molecule is Nc1ccc2nc(SCc3cncc(Br)c3)[nH]c2c1. The van der Waals surface area contributed by atoms with Gasteiger partial charge in [-0.15, -0.1) is 0 Å². The van der Waals surface area contributed by atoms with Crippen molar-refractivity contribution < 1.29 is 0 Å². The third kappa shape index (κ3) is 2.90. The Morgan fingerprint density at radius 2 is 2.16 bits per heavy atom. The smallest absolute Gasteiger partial charge is 0.166 e. The average molecular weight is 335 g/mol. The van der Waals surface area contributed by atoms with Crippen LogP contribution in [0.3, 0.4) is 0 Å². The van der Waals surface area contributed by atoms with Gasteiger partial charge < -0.3 is 10.7 Å². The van der Waals surface area contributed by atoms with Crippen molar-refractivity contribution in [3.05, 3.63) is 46.7 Å². The zero-order valence-corrected chi connectivity index (χ0v) is 12.3. The van der Waals surface area contributed by atoms with Gasteiger partial charge in [-0.3, -0.25) is 4.98 Å². The summed E-state index contributed by atoms with van der Waals surface area (Å²) in [5.41, 5.74) is 9.54. The van der Waals surface area contributed by atoms with Gasteiger partial charge in [0, 0.05) is 28.3 Å². The van der Waals surface area contributed by atoms with E-state index in [-0.39, 0.29) is 0 Å². The Morgan fingerprint density at radius 1 is 1.26 bits per heavy atom. The number of anilines is 1. The number of pyridine rings is 1. The second kappa shape index (κ2) is 5.22. The maximum Gasteiger partial charge on any atom is 0.166 e. The predicted molar refractivity (Wildman–Crippen MR) is 82.0 cm³/mol. The molecule has 0 aliphatic heterocycles. The van der Waals surface area contributed by atoms with Crippen molar-refractivity contribution in [2.75, 3.05) is 5.73 Å². The molecule has 0 saturated carbocycles. The van der Waals surface area contributed by atoms with Crippen molar-refractivity contribution in [2.24, 2.45) is 0 Å². The van der Waals surface area contributed by atoms with Crippen LogP contribution in [0.2, 0.25) is 0 Å². The van der Waals surface area contributed by atoms with Gasteiger partial charge in [-0.25, -0.2) is 4.98 Å². The molecule has 1 aromatic carbocycles. The lowest BCUT2D eigenvalue weighted by Gasteiger charge is -1.98. The topological polar surface area (TPSA) is 67.6 Å². The Bertz CT molecular complexity index is 725. The fraction of sp³-hybridized carbons (Fsp3) is 0.0769. The molecule has 6 heteroatoms. The van der Waals surface area contributed by atoms with Crippen LogP contribution >= 0.6 is 27.7 Å². The van der Waals surface area contributed by atoms with Crippen molar-refractivity contribution >= 4 is 44.4 Å². The minimum Gasteiger partial charge on any atom is -0.399 e. The van der Waals surface area contributed by atoms with Crippen LogP contribution in [0.5, 0.6) is 0 Å². The molecule has 0 fully saturated rings. The molecule has 3 rings (SSSR count). The van der Waals surface area contributed by atoms with Gasteiger partial charge in [0.15, 0.2) is 5.16 Å². The number of fused-ring (bicyclic) bond motifs is 1. The Hall–Kier alpha value is -1.53. The quantitative estimate of drug-likeness (QED) is 0.567. The van der Waals surface area contributed by atoms with Crippen LogP contribution in [0, 0.1) is 0 Å². The van der Waals surface area contributed by atoms with Gasteiger partial charge in [0.25, 0.3) is 0 Å². The number of rotatable bonds is 3. The molecular weight excluding hydrogens is 324 g/mol. The molecule has 0 radical (unpaired) electrons. The van der Waals surface area contributed by atoms with Crippen LogP contribution in [0.15, 0.2) is 46.3 Å². The molecule has 19 heavy (non-hydrogen) atoms. The van der Waals surface area contributed by atoms with Gasteiger partial charge in [0.1, 0.15) is 0 Å². The van der Waals surface area contributed by atoms with E-state index in [1.54, 1.807) is 18.0 Å². The number of thioether (sulfide) groups is 1. The van der Waals surface area contributed by atoms with Gasteiger partial charge in [-0.2, -0.15) is 0 Å². The Labute approximate surface area is 123 Å². The van der Waals surface area contributed by atoms with Gasteiger partial charge in [-0.1, -0.05) is 11.8 Å². The number of aromatic nitrogens is 3. The van der Waals surface area contributed by atoms with Crippen molar-refractivity contribution in [2.45, 2.75) is 10.9 Å². The van der Waals surface area contributed by atoms with Gasteiger partial charge in [0.05, 0.1) is 11.0 Å². The first-order valence-electron chi connectivity index (χ1n) is 5.68. The minimum absolute atomic E-state index is 0.740. The van der Waals surface area contributed by atoms with E-state index in [2.05, 4.69) is 36.9 Å². The fourth-order valence-electron chi connectivity index (χ4n) is 1.76.